The summed E-state index contributed by atoms with van der Waals surface area (Å²) < 4.78 is 0. The average Bonchev–Trinajstić information content (AvgIpc) is 2.47. The number of carbonyl (C=O) groups excluding carboxylic acids is 1. The first-order valence-corrected chi connectivity index (χ1v) is 6.48. The van der Waals surface area contributed by atoms with Gasteiger partial charge in [-0.3, -0.25) is 0 Å². The molecule has 3 rings (SSSR count). The minimum absolute atomic E-state index is 0.113. The van der Waals surface area contributed by atoms with Crippen molar-refractivity contribution in [1.29, 1.82) is 0 Å². The highest BCUT2D eigenvalue weighted by molar-refractivity contribution is 5.60. The second kappa shape index (κ2) is 4.77. The molecule has 90 valence electrons. The van der Waals surface area contributed by atoms with E-state index in [1.165, 1.54) is 16.7 Å². The van der Waals surface area contributed by atoms with Gasteiger partial charge in [-0.05, 0) is 29.5 Å². The van der Waals surface area contributed by atoms with E-state index in [4.69, 9.17) is 0 Å². The lowest BCUT2D eigenvalue weighted by molar-refractivity contribution is -0.111. The maximum Gasteiger partial charge on any atom is 0.124 e. The normalized spacial score (nSPS) is 22.2. The SMILES string of the molecule is O=CC1CCc2ccccc2C1c1ccccc1. The predicted octanol–water partition coefficient (Wildman–Crippen LogP) is 3.58. The van der Waals surface area contributed by atoms with Crippen molar-refractivity contribution in [3.8, 4) is 0 Å². The molecule has 0 amide bonds. The highest BCUT2D eigenvalue weighted by Gasteiger charge is 2.29. The first kappa shape index (κ1) is 11.2. The smallest absolute Gasteiger partial charge is 0.124 e. The fourth-order valence-corrected chi connectivity index (χ4v) is 3.02. The van der Waals surface area contributed by atoms with Gasteiger partial charge in [0, 0.05) is 11.8 Å². The van der Waals surface area contributed by atoms with Gasteiger partial charge in [0.2, 0.25) is 0 Å². The number of fused-ring (bicyclic) bond motifs is 1. The minimum atomic E-state index is 0.113. The quantitative estimate of drug-likeness (QED) is 0.728. The zero-order chi connectivity index (χ0) is 12.4. The van der Waals surface area contributed by atoms with Crippen LogP contribution in [-0.4, -0.2) is 6.29 Å². The first-order chi connectivity index (χ1) is 8.90. The highest BCUT2D eigenvalue weighted by Crippen LogP contribution is 2.39. The van der Waals surface area contributed by atoms with E-state index in [2.05, 4.69) is 48.5 Å². The van der Waals surface area contributed by atoms with Crippen LogP contribution in [0.25, 0.3) is 0 Å². The summed E-state index contributed by atoms with van der Waals surface area (Å²) in [7, 11) is 0. The van der Waals surface area contributed by atoms with Gasteiger partial charge in [-0.25, -0.2) is 0 Å². The van der Waals surface area contributed by atoms with Crippen molar-refractivity contribution < 1.29 is 4.79 Å². The third-order valence-corrected chi connectivity index (χ3v) is 3.90. The average molecular weight is 236 g/mol. The molecular weight excluding hydrogens is 220 g/mol. The Bertz CT molecular complexity index is 545. The third-order valence-electron chi connectivity index (χ3n) is 3.90. The lowest BCUT2D eigenvalue weighted by Gasteiger charge is -2.30. The molecule has 1 nitrogen and oxygen atoms in total. The molecule has 1 aliphatic carbocycles. The van der Waals surface area contributed by atoms with Gasteiger partial charge in [-0.2, -0.15) is 0 Å². The number of hydrogen-bond donors (Lipinski definition) is 0. The maximum atomic E-state index is 11.4. The molecule has 0 N–H and O–H groups in total. The lowest BCUT2D eigenvalue weighted by atomic mass is 9.72. The van der Waals surface area contributed by atoms with Gasteiger partial charge in [0.25, 0.3) is 0 Å². The molecule has 2 atom stereocenters. The van der Waals surface area contributed by atoms with Gasteiger partial charge in [-0.1, -0.05) is 54.6 Å². The monoisotopic (exact) mass is 236 g/mol. The molecule has 0 radical (unpaired) electrons. The Morgan fingerprint density at radius 3 is 2.44 bits per heavy atom. The van der Waals surface area contributed by atoms with Crippen molar-refractivity contribution in [1.82, 2.24) is 0 Å². The Morgan fingerprint density at radius 2 is 1.67 bits per heavy atom. The Balaban J connectivity index is 2.12. The summed E-state index contributed by atoms with van der Waals surface area (Å²) in [6, 6.07) is 18.9. The van der Waals surface area contributed by atoms with Crippen molar-refractivity contribution in [2.24, 2.45) is 5.92 Å². The van der Waals surface area contributed by atoms with E-state index in [-0.39, 0.29) is 11.8 Å². The lowest BCUT2D eigenvalue weighted by Crippen LogP contribution is -2.22. The molecule has 0 spiro atoms. The van der Waals surface area contributed by atoms with Crippen LogP contribution < -0.4 is 0 Å². The summed E-state index contributed by atoms with van der Waals surface area (Å²) in [5.41, 5.74) is 3.97. The van der Waals surface area contributed by atoms with Crippen LogP contribution in [0.4, 0.5) is 0 Å². The molecule has 0 saturated heterocycles. The fourth-order valence-electron chi connectivity index (χ4n) is 3.02. The topological polar surface area (TPSA) is 17.1 Å². The Morgan fingerprint density at radius 1 is 0.944 bits per heavy atom. The molecule has 0 aliphatic heterocycles. The second-order valence-electron chi connectivity index (χ2n) is 4.93. The zero-order valence-corrected chi connectivity index (χ0v) is 10.3. The van der Waals surface area contributed by atoms with Crippen LogP contribution in [0.2, 0.25) is 0 Å². The van der Waals surface area contributed by atoms with Gasteiger partial charge >= 0.3 is 0 Å². The molecule has 18 heavy (non-hydrogen) atoms. The highest BCUT2D eigenvalue weighted by atomic mass is 16.1. The number of aldehydes is 1. The van der Waals surface area contributed by atoms with E-state index in [0.29, 0.717) is 0 Å². The van der Waals surface area contributed by atoms with Crippen LogP contribution in [0.5, 0.6) is 0 Å². The zero-order valence-electron chi connectivity index (χ0n) is 10.3. The largest absolute Gasteiger partial charge is 0.303 e. The summed E-state index contributed by atoms with van der Waals surface area (Å²) >= 11 is 0. The van der Waals surface area contributed by atoms with Gasteiger partial charge in [0.15, 0.2) is 0 Å². The standard InChI is InChI=1S/C17H16O/c18-12-15-11-10-13-6-4-5-9-16(13)17(15)14-7-2-1-3-8-14/h1-9,12,15,17H,10-11H2. The number of benzene rings is 2. The molecule has 0 saturated carbocycles. The maximum absolute atomic E-state index is 11.4. The van der Waals surface area contributed by atoms with Crippen LogP contribution in [0, 0.1) is 5.92 Å². The van der Waals surface area contributed by atoms with Crippen LogP contribution >= 0.6 is 0 Å². The van der Waals surface area contributed by atoms with Gasteiger partial charge in [0.05, 0.1) is 0 Å². The summed E-state index contributed by atoms with van der Waals surface area (Å²) in [6.07, 6.45) is 3.11. The van der Waals surface area contributed by atoms with E-state index >= 15 is 0 Å². The molecule has 0 aromatic heterocycles. The van der Waals surface area contributed by atoms with E-state index in [1.54, 1.807) is 0 Å². The first-order valence-electron chi connectivity index (χ1n) is 6.48. The van der Waals surface area contributed by atoms with Crippen LogP contribution in [0.15, 0.2) is 54.6 Å². The molecule has 0 bridgehead atoms. The van der Waals surface area contributed by atoms with E-state index in [0.717, 1.165) is 19.1 Å². The Kier molecular flexibility index (Phi) is 2.97. The number of aryl methyl sites for hydroxylation is 1. The molecule has 2 unspecified atom stereocenters. The van der Waals surface area contributed by atoms with Crippen molar-refractivity contribution >= 4 is 6.29 Å². The Labute approximate surface area is 107 Å². The van der Waals surface area contributed by atoms with E-state index in [9.17, 15) is 4.79 Å². The van der Waals surface area contributed by atoms with Gasteiger partial charge in [-0.15, -0.1) is 0 Å². The van der Waals surface area contributed by atoms with Crippen molar-refractivity contribution in [2.75, 3.05) is 0 Å². The van der Waals surface area contributed by atoms with Crippen LogP contribution in [-0.2, 0) is 11.2 Å². The molecule has 1 aliphatic rings. The van der Waals surface area contributed by atoms with E-state index < -0.39 is 0 Å². The summed E-state index contributed by atoms with van der Waals surface area (Å²) in [5.74, 6) is 0.343. The van der Waals surface area contributed by atoms with Gasteiger partial charge in [0.1, 0.15) is 6.29 Å². The molecule has 2 aromatic carbocycles. The Hall–Kier alpha value is -1.89. The van der Waals surface area contributed by atoms with Crippen molar-refractivity contribution in [3.63, 3.8) is 0 Å². The predicted molar refractivity (Wildman–Crippen MR) is 72.6 cm³/mol. The molecular formula is C17H16O. The minimum Gasteiger partial charge on any atom is -0.303 e. The van der Waals surface area contributed by atoms with E-state index in [1.807, 2.05) is 6.07 Å². The second-order valence-corrected chi connectivity index (χ2v) is 4.93. The van der Waals surface area contributed by atoms with Crippen LogP contribution in [0.3, 0.4) is 0 Å². The number of hydrogen-bond acceptors (Lipinski definition) is 1. The number of rotatable bonds is 2. The van der Waals surface area contributed by atoms with Crippen molar-refractivity contribution in [3.05, 3.63) is 71.3 Å². The fraction of sp³-hybridized carbons (Fsp3) is 0.235. The summed E-state index contributed by atoms with van der Waals surface area (Å²) in [4.78, 5) is 11.4. The summed E-state index contributed by atoms with van der Waals surface area (Å²) in [6.45, 7) is 0. The third kappa shape index (κ3) is 1.86. The molecule has 0 heterocycles. The molecule has 2 aromatic rings. The molecule has 0 fully saturated rings. The number of carbonyl (C=O) groups is 1. The molecule has 1 heteroatoms. The summed E-state index contributed by atoms with van der Waals surface area (Å²) in [5, 5.41) is 0. The van der Waals surface area contributed by atoms with Gasteiger partial charge < -0.3 is 4.79 Å². The van der Waals surface area contributed by atoms with Crippen molar-refractivity contribution in [2.45, 2.75) is 18.8 Å². The van der Waals surface area contributed by atoms with Crippen LogP contribution in [0.1, 0.15) is 29.0 Å².